The van der Waals surface area contributed by atoms with E-state index in [9.17, 15) is 4.79 Å². The van der Waals surface area contributed by atoms with Gasteiger partial charge >= 0.3 is 5.97 Å². The summed E-state index contributed by atoms with van der Waals surface area (Å²) in [5, 5.41) is 6.93. The van der Waals surface area contributed by atoms with Gasteiger partial charge in [-0.1, -0.05) is 0 Å². The van der Waals surface area contributed by atoms with Gasteiger partial charge in [0.1, 0.15) is 11.4 Å². The maximum Gasteiger partial charge on any atom is 0.361 e. The van der Waals surface area contributed by atoms with E-state index in [0.29, 0.717) is 34.3 Å². The number of imidazole rings is 1. The minimum atomic E-state index is -0.559. The van der Waals surface area contributed by atoms with Gasteiger partial charge in [0.15, 0.2) is 11.5 Å². The smallest absolute Gasteiger partial charge is 0.361 e. The van der Waals surface area contributed by atoms with Crippen LogP contribution in [0.15, 0.2) is 42.7 Å². The topological polar surface area (TPSA) is 100 Å². The lowest BCUT2D eigenvalue weighted by molar-refractivity contribution is 0.0729. The second kappa shape index (κ2) is 7.78. The summed E-state index contributed by atoms with van der Waals surface area (Å²) in [6.45, 7) is 0. The van der Waals surface area contributed by atoms with Crippen molar-refractivity contribution in [3.8, 4) is 34.3 Å². The first-order chi connectivity index (χ1) is 14.5. The second-order valence-electron chi connectivity index (χ2n) is 6.48. The van der Waals surface area contributed by atoms with Crippen LogP contribution in [0, 0.1) is 0 Å². The number of methoxy groups -OCH3 is 3. The highest BCUT2D eigenvalue weighted by Crippen LogP contribution is 2.40. The third kappa shape index (κ3) is 3.41. The van der Waals surface area contributed by atoms with E-state index < -0.39 is 5.97 Å². The summed E-state index contributed by atoms with van der Waals surface area (Å²) in [7, 11) is 6.50. The van der Waals surface area contributed by atoms with Crippen molar-refractivity contribution in [2.45, 2.75) is 0 Å². The summed E-state index contributed by atoms with van der Waals surface area (Å²) in [4.78, 5) is 16.8. The molecule has 2 heterocycles. The molecule has 0 bridgehead atoms. The number of ether oxygens (including phenoxy) is 4. The van der Waals surface area contributed by atoms with E-state index in [1.165, 1.54) is 21.3 Å². The van der Waals surface area contributed by atoms with Crippen LogP contribution in [0.5, 0.6) is 23.0 Å². The van der Waals surface area contributed by atoms with Crippen LogP contribution in [-0.2, 0) is 7.05 Å². The number of carbonyl (C=O) groups is 1. The number of nitrogens with zero attached hydrogens (tertiary/aromatic N) is 3. The van der Waals surface area contributed by atoms with E-state index in [2.05, 4.69) is 15.2 Å². The Morgan fingerprint density at radius 1 is 1.00 bits per heavy atom. The molecule has 1 N–H and O–H groups in total. The van der Waals surface area contributed by atoms with Gasteiger partial charge < -0.3 is 23.5 Å². The molecule has 0 unspecified atom stereocenters. The van der Waals surface area contributed by atoms with Crippen LogP contribution in [-0.4, -0.2) is 47.0 Å². The lowest BCUT2D eigenvalue weighted by Gasteiger charge is -2.13. The van der Waals surface area contributed by atoms with Crippen LogP contribution in [0.3, 0.4) is 0 Å². The van der Waals surface area contributed by atoms with E-state index in [0.717, 1.165) is 11.0 Å². The van der Waals surface area contributed by atoms with Crippen molar-refractivity contribution in [3.63, 3.8) is 0 Å². The molecule has 0 aliphatic heterocycles. The van der Waals surface area contributed by atoms with E-state index in [-0.39, 0.29) is 5.69 Å². The van der Waals surface area contributed by atoms with Gasteiger partial charge in [-0.2, -0.15) is 5.10 Å². The van der Waals surface area contributed by atoms with Crippen molar-refractivity contribution >= 4 is 17.0 Å². The first-order valence-electron chi connectivity index (χ1n) is 9.03. The molecule has 2 aromatic carbocycles. The fourth-order valence-corrected chi connectivity index (χ4v) is 3.14. The van der Waals surface area contributed by atoms with Crippen molar-refractivity contribution in [1.82, 2.24) is 19.7 Å². The van der Waals surface area contributed by atoms with Crippen LogP contribution >= 0.6 is 0 Å². The number of aromatic amines is 1. The Hall–Kier alpha value is -4.01. The van der Waals surface area contributed by atoms with Gasteiger partial charge in [-0.05, 0) is 30.3 Å². The SMILES string of the molecule is COc1cc(-c2cc(C(=O)Oc3ccc4c(c3)ncn4C)[nH]n2)cc(OC)c1OC. The molecule has 154 valence electrons. The molecule has 4 rings (SSSR count). The van der Waals surface area contributed by atoms with Crippen molar-refractivity contribution in [2.75, 3.05) is 21.3 Å². The van der Waals surface area contributed by atoms with Crippen LogP contribution in [0.2, 0.25) is 0 Å². The summed E-state index contributed by atoms with van der Waals surface area (Å²) >= 11 is 0. The molecule has 0 saturated heterocycles. The molecule has 0 spiro atoms. The average Bonchev–Trinajstić information content (AvgIpc) is 3.40. The Balaban J connectivity index is 1.59. The number of fused-ring (bicyclic) bond motifs is 1. The second-order valence-corrected chi connectivity index (χ2v) is 6.48. The number of hydrogen-bond acceptors (Lipinski definition) is 7. The number of benzene rings is 2. The van der Waals surface area contributed by atoms with Crippen LogP contribution in [0.25, 0.3) is 22.3 Å². The van der Waals surface area contributed by atoms with Gasteiger partial charge in [-0.3, -0.25) is 5.10 Å². The molecule has 2 aromatic heterocycles. The zero-order valence-electron chi connectivity index (χ0n) is 16.9. The molecule has 0 fully saturated rings. The molecule has 9 heteroatoms. The number of nitrogens with one attached hydrogen (secondary N) is 1. The van der Waals surface area contributed by atoms with Crippen LogP contribution in [0.1, 0.15) is 10.5 Å². The van der Waals surface area contributed by atoms with Gasteiger partial charge in [0, 0.05) is 18.7 Å². The number of hydrogen-bond donors (Lipinski definition) is 1. The first-order valence-corrected chi connectivity index (χ1v) is 9.03. The highest BCUT2D eigenvalue weighted by Gasteiger charge is 2.18. The monoisotopic (exact) mass is 408 g/mol. The van der Waals surface area contributed by atoms with Crippen LogP contribution < -0.4 is 18.9 Å². The third-order valence-corrected chi connectivity index (χ3v) is 4.67. The van der Waals surface area contributed by atoms with E-state index in [1.54, 1.807) is 36.7 Å². The van der Waals surface area contributed by atoms with E-state index >= 15 is 0 Å². The lowest BCUT2D eigenvalue weighted by Crippen LogP contribution is -2.08. The summed E-state index contributed by atoms with van der Waals surface area (Å²) in [5.41, 5.74) is 3.11. The predicted octanol–water partition coefficient (Wildman–Crippen LogP) is 3.21. The van der Waals surface area contributed by atoms with E-state index in [4.69, 9.17) is 18.9 Å². The van der Waals surface area contributed by atoms with Gasteiger partial charge in [-0.25, -0.2) is 9.78 Å². The quantitative estimate of drug-likeness (QED) is 0.386. The van der Waals surface area contributed by atoms with Crippen molar-refractivity contribution in [2.24, 2.45) is 7.05 Å². The lowest BCUT2D eigenvalue weighted by atomic mass is 10.1. The van der Waals surface area contributed by atoms with Crippen molar-refractivity contribution < 1.29 is 23.7 Å². The number of rotatable bonds is 6. The van der Waals surface area contributed by atoms with Gasteiger partial charge in [0.2, 0.25) is 5.75 Å². The summed E-state index contributed by atoms with van der Waals surface area (Å²) in [6.07, 6.45) is 1.70. The molecule has 0 radical (unpaired) electrons. The number of esters is 1. The van der Waals surface area contributed by atoms with Gasteiger partial charge in [0.05, 0.1) is 44.4 Å². The minimum Gasteiger partial charge on any atom is -0.493 e. The molecule has 0 saturated carbocycles. The number of carbonyl (C=O) groups excluding carboxylic acids is 1. The summed E-state index contributed by atoms with van der Waals surface area (Å²) in [6, 6.07) is 10.4. The summed E-state index contributed by atoms with van der Waals surface area (Å²) in [5.74, 6) is 1.29. The Morgan fingerprint density at radius 3 is 2.40 bits per heavy atom. The van der Waals surface area contributed by atoms with Gasteiger partial charge in [-0.15, -0.1) is 0 Å². The van der Waals surface area contributed by atoms with E-state index in [1.807, 2.05) is 17.7 Å². The molecule has 30 heavy (non-hydrogen) atoms. The average molecular weight is 408 g/mol. The summed E-state index contributed by atoms with van der Waals surface area (Å²) < 4.78 is 23.4. The maximum atomic E-state index is 12.6. The van der Waals surface area contributed by atoms with Gasteiger partial charge in [0.25, 0.3) is 0 Å². The Bertz CT molecular complexity index is 1200. The largest absolute Gasteiger partial charge is 0.493 e. The highest BCUT2D eigenvalue weighted by molar-refractivity contribution is 5.91. The zero-order valence-corrected chi connectivity index (χ0v) is 16.9. The first kappa shape index (κ1) is 19.3. The zero-order chi connectivity index (χ0) is 21.3. The molecule has 0 aliphatic rings. The normalized spacial score (nSPS) is 10.8. The highest BCUT2D eigenvalue weighted by atomic mass is 16.5. The molecule has 4 aromatic rings. The molecule has 0 amide bonds. The van der Waals surface area contributed by atoms with Crippen molar-refractivity contribution in [1.29, 1.82) is 0 Å². The number of H-pyrrole nitrogens is 1. The minimum absolute atomic E-state index is 0.208. The van der Waals surface area contributed by atoms with Crippen LogP contribution in [0.4, 0.5) is 0 Å². The molecule has 0 atom stereocenters. The number of aromatic nitrogens is 4. The molecule has 0 aliphatic carbocycles. The number of aryl methyl sites for hydroxylation is 1. The van der Waals surface area contributed by atoms with Crippen molar-refractivity contribution in [3.05, 3.63) is 48.4 Å². The Labute approximate surface area is 172 Å². The third-order valence-electron chi connectivity index (χ3n) is 4.67. The molecular formula is C21H20N4O5. The standard InChI is InChI=1S/C21H20N4O5/c1-25-11-22-15-9-13(5-6-17(15)25)30-21(26)16-10-14(23-24-16)12-7-18(27-2)20(29-4)19(8-12)28-3/h5-11H,1-4H3,(H,23,24). The Kier molecular flexibility index (Phi) is 5.01. The predicted molar refractivity (Wildman–Crippen MR) is 109 cm³/mol. The molecular weight excluding hydrogens is 388 g/mol. The fraction of sp³-hybridized carbons (Fsp3) is 0.190. The maximum absolute atomic E-state index is 12.6. The Morgan fingerprint density at radius 2 is 1.73 bits per heavy atom. The molecule has 9 nitrogen and oxygen atoms in total. The fourth-order valence-electron chi connectivity index (χ4n) is 3.14.